The zero-order chi connectivity index (χ0) is 21.7. The largest absolute Gasteiger partial charge is 0.336 e. The molecule has 1 atom stereocenters. The molecule has 1 unspecified atom stereocenters. The van der Waals surface area contributed by atoms with E-state index in [1.165, 1.54) is 27.8 Å². The molecule has 1 aromatic carbocycles. The minimum atomic E-state index is -0.995. The Morgan fingerprint density at radius 3 is 2.71 bits per heavy atom. The van der Waals surface area contributed by atoms with Gasteiger partial charge in [-0.3, -0.25) is 4.79 Å². The van der Waals surface area contributed by atoms with E-state index in [1.54, 1.807) is 24.2 Å². The number of carbonyl (C=O) groups is 2. The minimum Gasteiger partial charge on any atom is -0.336 e. The third-order valence-corrected chi connectivity index (χ3v) is 5.76. The quantitative estimate of drug-likeness (QED) is 0.698. The van der Waals surface area contributed by atoms with Crippen LogP contribution in [0.5, 0.6) is 0 Å². The van der Waals surface area contributed by atoms with Gasteiger partial charge in [0.1, 0.15) is 17.7 Å². The summed E-state index contributed by atoms with van der Waals surface area (Å²) in [5.74, 6) is -0.492. The van der Waals surface area contributed by atoms with Gasteiger partial charge in [-0.25, -0.2) is 23.2 Å². The SMILES string of the molecule is CC(=O)N1CCC1c1cnc2nn(-c3cc(NC(=O)N4CC(F)C4)ccc3F)cc2c1. The Hall–Kier alpha value is -3.56. The number of nitrogens with zero attached hydrogens (tertiary/aromatic N) is 5. The van der Waals surface area contributed by atoms with Crippen molar-refractivity contribution in [3.05, 3.63) is 48.0 Å². The highest BCUT2D eigenvalue weighted by atomic mass is 19.1. The van der Waals surface area contributed by atoms with Crippen molar-refractivity contribution in [3.8, 4) is 5.69 Å². The van der Waals surface area contributed by atoms with Crippen molar-refractivity contribution in [2.75, 3.05) is 25.0 Å². The molecule has 0 aliphatic carbocycles. The Bertz CT molecular complexity index is 1190. The molecule has 160 valence electrons. The summed E-state index contributed by atoms with van der Waals surface area (Å²) in [6.07, 6.45) is 3.23. The number of benzene rings is 1. The molecular formula is C21H20F2N6O2. The van der Waals surface area contributed by atoms with Gasteiger partial charge in [-0.15, -0.1) is 5.10 Å². The number of hydrogen-bond acceptors (Lipinski definition) is 4. The highest BCUT2D eigenvalue weighted by Crippen LogP contribution is 2.34. The van der Waals surface area contributed by atoms with E-state index in [0.29, 0.717) is 11.3 Å². The summed E-state index contributed by atoms with van der Waals surface area (Å²) in [7, 11) is 0. The zero-order valence-corrected chi connectivity index (χ0v) is 16.8. The van der Waals surface area contributed by atoms with E-state index in [1.807, 2.05) is 6.07 Å². The van der Waals surface area contributed by atoms with Gasteiger partial charge in [-0.05, 0) is 36.2 Å². The first kappa shape index (κ1) is 19.4. The number of nitrogens with one attached hydrogen (secondary N) is 1. The summed E-state index contributed by atoms with van der Waals surface area (Å²) >= 11 is 0. The molecule has 1 N–H and O–H groups in total. The van der Waals surface area contributed by atoms with Crippen LogP contribution in [0, 0.1) is 5.82 Å². The first-order valence-corrected chi connectivity index (χ1v) is 10.0. The molecular weight excluding hydrogens is 406 g/mol. The average Bonchev–Trinajstić information content (AvgIpc) is 3.08. The first-order valence-electron chi connectivity index (χ1n) is 10.0. The molecule has 10 heteroatoms. The van der Waals surface area contributed by atoms with Crippen LogP contribution in [0.15, 0.2) is 36.7 Å². The lowest BCUT2D eigenvalue weighted by Crippen LogP contribution is -2.53. The van der Waals surface area contributed by atoms with Crippen molar-refractivity contribution in [1.29, 1.82) is 0 Å². The molecule has 4 heterocycles. The van der Waals surface area contributed by atoms with Crippen molar-refractivity contribution in [2.24, 2.45) is 0 Å². The maximum Gasteiger partial charge on any atom is 0.322 e. The van der Waals surface area contributed by atoms with Gasteiger partial charge in [0.25, 0.3) is 0 Å². The molecule has 2 aromatic heterocycles. The normalized spacial score (nSPS) is 18.6. The second-order valence-corrected chi connectivity index (χ2v) is 7.87. The predicted octanol–water partition coefficient (Wildman–Crippen LogP) is 3.04. The number of rotatable bonds is 3. The number of pyridine rings is 1. The Morgan fingerprint density at radius 1 is 1.23 bits per heavy atom. The number of anilines is 1. The number of amides is 3. The Kier molecular flexibility index (Phi) is 4.57. The van der Waals surface area contributed by atoms with Crippen molar-refractivity contribution in [2.45, 2.75) is 25.6 Å². The number of halogens is 2. The Morgan fingerprint density at radius 2 is 2.03 bits per heavy atom. The molecule has 8 nitrogen and oxygen atoms in total. The monoisotopic (exact) mass is 426 g/mol. The van der Waals surface area contributed by atoms with Crippen LogP contribution in [-0.2, 0) is 4.79 Å². The van der Waals surface area contributed by atoms with E-state index in [0.717, 1.165) is 23.9 Å². The molecule has 2 fully saturated rings. The number of likely N-dealkylation sites (tertiary alicyclic amines) is 2. The van der Waals surface area contributed by atoms with Gasteiger partial charge in [-0.2, -0.15) is 0 Å². The summed E-state index contributed by atoms with van der Waals surface area (Å²) in [5.41, 5.74) is 1.89. The maximum absolute atomic E-state index is 14.5. The molecule has 0 saturated carbocycles. The molecule has 3 aromatic rings. The van der Waals surface area contributed by atoms with E-state index in [-0.39, 0.29) is 30.7 Å². The van der Waals surface area contributed by atoms with Gasteiger partial charge in [0.15, 0.2) is 5.65 Å². The third-order valence-electron chi connectivity index (χ3n) is 5.76. The van der Waals surface area contributed by atoms with Crippen LogP contribution in [-0.4, -0.2) is 62.3 Å². The van der Waals surface area contributed by atoms with Gasteiger partial charge in [-0.1, -0.05) is 0 Å². The summed E-state index contributed by atoms with van der Waals surface area (Å²) in [4.78, 5) is 31.3. The zero-order valence-electron chi connectivity index (χ0n) is 16.8. The summed E-state index contributed by atoms with van der Waals surface area (Å²) < 4.78 is 28.9. The number of fused-ring (bicyclic) bond motifs is 1. The highest BCUT2D eigenvalue weighted by molar-refractivity contribution is 5.90. The number of alkyl halides is 1. The second-order valence-electron chi connectivity index (χ2n) is 7.87. The smallest absolute Gasteiger partial charge is 0.322 e. The average molecular weight is 426 g/mol. The van der Waals surface area contributed by atoms with Crippen LogP contribution in [0.1, 0.15) is 24.9 Å². The number of hydrogen-bond donors (Lipinski definition) is 1. The standard InChI is InChI=1S/C21H20F2N6O2/c1-12(30)28-5-4-18(28)13-6-14-9-29(26-20(14)24-8-13)19-7-16(2-3-17(19)23)25-21(31)27-10-15(22)11-27/h2-3,6-9,15,18H,4-5,10-11H2,1H3,(H,25,31). The molecule has 2 aliphatic heterocycles. The van der Waals surface area contributed by atoms with Crippen LogP contribution < -0.4 is 5.32 Å². The number of carbonyl (C=O) groups excluding carboxylic acids is 2. The van der Waals surface area contributed by atoms with E-state index in [4.69, 9.17) is 0 Å². The lowest BCUT2D eigenvalue weighted by atomic mass is 9.95. The van der Waals surface area contributed by atoms with E-state index in [2.05, 4.69) is 15.4 Å². The lowest BCUT2D eigenvalue weighted by molar-refractivity contribution is -0.136. The summed E-state index contributed by atoms with van der Waals surface area (Å²) in [6, 6.07) is 5.62. The Balaban J connectivity index is 1.41. The van der Waals surface area contributed by atoms with Gasteiger partial charge in [0, 0.05) is 36.9 Å². The van der Waals surface area contributed by atoms with E-state index < -0.39 is 18.0 Å². The van der Waals surface area contributed by atoms with Crippen molar-refractivity contribution < 1.29 is 18.4 Å². The third kappa shape index (κ3) is 3.47. The Labute approximate surface area is 176 Å². The van der Waals surface area contributed by atoms with Crippen LogP contribution in [0.3, 0.4) is 0 Å². The fraction of sp³-hybridized carbons (Fsp3) is 0.333. The predicted molar refractivity (Wildman–Crippen MR) is 109 cm³/mol. The van der Waals surface area contributed by atoms with Crippen molar-refractivity contribution in [1.82, 2.24) is 24.6 Å². The van der Waals surface area contributed by atoms with Gasteiger partial charge in [0.2, 0.25) is 5.91 Å². The molecule has 2 saturated heterocycles. The van der Waals surface area contributed by atoms with Crippen LogP contribution in [0.25, 0.3) is 16.7 Å². The number of aromatic nitrogens is 3. The molecule has 5 rings (SSSR count). The lowest BCUT2D eigenvalue weighted by Gasteiger charge is -2.40. The van der Waals surface area contributed by atoms with Gasteiger partial charge < -0.3 is 15.1 Å². The fourth-order valence-corrected chi connectivity index (χ4v) is 3.91. The second kappa shape index (κ2) is 7.29. The van der Waals surface area contributed by atoms with Crippen molar-refractivity contribution >= 4 is 28.7 Å². The molecule has 2 aliphatic rings. The number of urea groups is 1. The van der Waals surface area contributed by atoms with Gasteiger partial charge >= 0.3 is 6.03 Å². The van der Waals surface area contributed by atoms with Crippen LogP contribution in [0.4, 0.5) is 19.3 Å². The summed E-state index contributed by atoms with van der Waals surface area (Å²) in [6.45, 7) is 2.38. The highest BCUT2D eigenvalue weighted by Gasteiger charge is 2.32. The molecule has 0 bridgehead atoms. The minimum absolute atomic E-state index is 0.00143. The fourth-order valence-electron chi connectivity index (χ4n) is 3.91. The van der Waals surface area contributed by atoms with Gasteiger partial charge in [0.05, 0.1) is 19.1 Å². The van der Waals surface area contributed by atoms with E-state index >= 15 is 0 Å². The van der Waals surface area contributed by atoms with Crippen LogP contribution in [0.2, 0.25) is 0 Å². The molecule has 31 heavy (non-hydrogen) atoms. The molecule has 3 amide bonds. The van der Waals surface area contributed by atoms with Crippen molar-refractivity contribution in [3.63, 3.8) is 0 Å². The summed E-state index contributed by atoms with van der Waals surface area (Å²) in [5, 5.41) is 7.72. The first-order chi connectivity index (χ1) is 14.9. The van der Waals surface area contributed by atoms with E-state index in [9.17, 15) is 18.4 Å². The van der Waals surface area contributed by atoms with Crippen LogP contribution >= 0.6 is 0 Å². The molecule has 0 spiro atoms. The molecule has 0 radical (unpaired) electrons. The topological polar surface area (TPSA) is 83.4 Å². The maximum atomic E-state index is 14.5.